The lowest BCUT2D eigenvalue weighted by Crippen LogP contribution is -2.15. The van der Waals surface area contributed by atoms with Crippen LogP contribution in [0.1, 0.15) is 11.4 Å². The van der Waals surface area contributed by atoms with Gasteiger partial charge in [-0.1, -0.05) is 12.1 Å². The van der Waals surface area contributed by atoms with Gasteiger partial charge in [0.1, 0.15) is 0 Å². The molecule has 0 aliphatic rings. The van der Waals surface area contributed by atoms with Crippen LogP contribution in [-0.2, 0) is 9.84 Å². The summed E-state index contributed by atoms with van der Waals surface area (Å²) in [5.41, 5.74) is 7.24. The number of aryl methyl sites for hydroxylation is 1. The second-order valence-corrected chi connectivity index (χ2v) is 6.16. The average Bonchev–Trinajstić information content (AvgIpc) is 2.66. The molecular weight excluding hydrogens is 288 g/mol. The van der Waals surface area contributed by atoms with Crippen molar-refractivity contribution in [2.75, 3.05) is 5.73 Å². The molecule has 0 saturated carbocycles. The van der Waals surface area contributed by atoms with Gasteiger partial charge in [-0.2, -0.15) is 13.9 Å². The second kappa shape index (κ2) is 4.86. The van der Waals surface area contributed by atoms with E-state index < -0.39 is 20.5 Å². The molecule has 0 aliphatic carbocycles. The summed E-state index contributed by atoms with van der Waals surface area (Å²) in [7, 11) is -4.71. The van der Waals surface area contributed by atoms with Crippen LogP contribution in [0.2, 0.25) is 0 Å². The van der Waals surface area contributed by atoms with Gasteiger partial charge in [0, 0.05) is 0 Å². The molecule has 1 heterocycles. The number of sulfone groups is 1. The Hall–Kier alpha value is -1.96. The Morgan fingerprint density at radius 1 is 1.25 bits per heavy atom. The summed E-state index contributed by atoms with van der Waals surface area (Å²) in [5, 5.41) is 4.10. The third kappa shape index (κ3) is 2.15. The fourth-order valence-electron chi connectivity index (χ4n) is 1.86. The van der Waals surface area contributed by atoms with Crippen LogP contribution in [0, 0.1) is 13.8 Å². The van der Waals surface area contributed by atoms with Crippen LogP contribution in [0.3, 0.4) is 0 Å². The Balaban J connectivity index is 2.74. The van der Waals surface area contributed by atoms with Crippen molar-refractivity contribution in [1.29, 1.82) is 0 Å². The lowest BCUT2D eigenvalue weighted by Gasteiger charge is -2.11. The van der Waals surface area contributed by atoms with Gasteiger partial charge in [0.2, 0.25) is 9.84 Å². The van der Waals surface area contributed by atoms with Crippen LogP contribution >= 0.6 is 0 Å². The summed E-state index contributed by atoms with van der Waals surface area (Å²) >= 11 is 0. The quantitative estimate of drug-likeness (QED) is 0.941. The number of aromatic nitrogens is 2. The van der Waals surface area contributed by atoms with Crippen molar-refractivity contribution < 1.29 is 17.2 Å². The Morgan fingerprint density at radius 2 is 1.85 bits per heavy atom. The maximum atomic E-state index is 12.7. The Bertz CT molecular complexity index is 754. The second-order valence-electron chi connectivity index (χ2n) is 4.27. The fraction of sp³-hybridized carbons (Fsp3) is 0.250. The number of alkyl halides is 2. The average molecular weight is 301 g/mol. The number of hydrogen-bond acceptors (Lipinski definition) is 4. The molecule has 0 saturated heterocycles. The van der Waals surface area contributed by atoms with Gasteiger partial charge < -0.3 is 5.73 Å². The van der Waals surface area contributed by atoms with Gasteiger partial charge in [-0.15, -0.1) is 0 Å². The highest BCUT2D eigenvalue weighted by molar-refractivity contribution is 7.91. The lowest BCUT2D eigenvalue weighted by molar-refractivity contribution is 0.234. The van der Waals surface area contributed by atoms with Crippen molar-refractivity contribution in [3.63, 3.8) is 0 Å². The largest absolute Gasteiger partial charge is 0.396 e. The van der Waals surface area contributed by atoms with Gasteiger partial charge in [0.05, 0.1) is 27.7 Å². The molecule has 0 amide bonds. The van der Waals surface area contributed by atoms with Crippen molar-refractivity contribution in [3.8, 4) is 5.69 Å². The predicted octanol–water partition coefficient (Wildman–Crippen LogP) is 2.07. The number of rotatable bonds is 3. The minimum atomic E-state index is -4.71. The zero-order chi connectivity index (χ0) is 15.1. The van der Waals surface area contributed by atoms with Gasteiger partial charge in [0.15, 0.2) is 0 Å². The summed E-state index contributed by atoms with van der Waals surface area (Å²) in [6, 6.07) is 5.47. The van der Waals surface area contributed by atoms with E-state index in [4.69, 9.17) is 5.73 Å². The number of para-hydroxylation sites is 1. The third-order valence-corrected chi connectivity index (χ3v) is 4.41. The molecule has 0 unspecified atom stereocenters. The van der Waals surface area contributed by atoms with E-state index in [-0.39, 0.29) is 5.69 Å². The molecule has 8 heteroatoms. The van der Waals surface area contributed by atoms with E-state index in [1.165, 1.54) is 16.8 Å². The van der Waals surface area contributed by atoms with E-state index in [0.29, 0.717) is 17.1 Å². The molecule has 0 radical (unpaired) electrons. The molecule has 0 bridgehead atoms. The van der Waals surface area contributed by atoms with Gasteiger partial charge in [0.25, 0.3) is 0 Å². The highest BCUT2D eigenvalue weighted by Crippen LogP contribution is 2.27. The highest BCUT2D eigenvalue weighted by Gasteiger charge is 2.30. The number of anilines is 1. The molecule has 1 aromatic heterocycles. The molecule has 0 aliphatic heterocycles. The van der Waals surface area contributed by atoms with Crippen molar-refractivity contribution in [2.24, 2.45) is 0 Å². The fourth-order valence-corrected chi connectivity index (χ4v) is 2.76. The van der Waals surface area contributed by atoms with E-state index in [1.54, 1.807) is 19.9 Å². The van der Waals surface area contributed by atoms with Gasteiger partial charge in [-0.05, 0) is 26.0 Å². The first-order chi connectivity index (χ1) is 9.26. The van der Waals surface area contributed by atoms with Gasteiger partial charge >= 0.3 is 5.76 Å². The summed E-state index contributed by atoms with van der Waals surface area (Å²) in [6.45, 7) is 3.30. The van der Waals surface area contributed by atoms with Crippen LogP contribution in [-0.4, -0.2) is 24.0 Å². The molecule has 108 valence electrons. The molecule has 5 nitrogen and oxygen atoms in total. The van der Waals surface area contributed by atoms with Gasteiger partial charge in [-0.3, -0.25) is 0 Å². The van der Waals surface area contributed by atoms with Crippen LogP contribution in [0.25, 0.3) is 5.69 Å². The summed E-state index contributed by atoms with van der Waals surface area (Å²) < 4.78 is 50.2. The van der Waals surface area contributed by atoms with Crippen molar-refractivity contribution >= 4 is 15.5 Å². The molecule has 0 spiro atoms. The van der Waals surface area contributed by atoms with Crippen LogP contribution in [0.4, 0.5) is 14.5 Å². The number of nitrogens with two attached hydrogens (primary N) is 1. The zero-order valence-electron chi connectivity index (χ0n) is 10.8. The van der Waals surface area contributed by atoms with Crippen molar-refractivity contribution in [1.82, 2.24) is 9.78 Å². The van der Waals surface area contributed by atoms with Crippen LogP contribution < -0.4 is 5.73 Å². The zero-order valence-corrected chi connectivity index (χ0v) is 11.7. The normalized spacial score (nSPS) is 12.1. The standard InChI is InChI=1S/C12H13F2N3O2S/c1-7-11(15)8(2)17(16-7)9-5-3-4-6-10(9)20(18,19)12(13)14/h3-6,12H,15H2,1-2H3. The Kier molecular flexibility index (Phi) is 3.51. The number of halogens is 2. The summed E-state index contributed by atoms with van der Waals surface area (Å²) in [4.78, 5) is -0.472. The maximum Gasteiger partial charge on any atom is 0.341 e. The molecular formula is C12H13F2N3O2S. The lowest BCUT2D eigenvalue weighted by atomic mass is 10.3. The predicted molar refractivity (Wildman–Crippen MR) is 70.6 cm³/mol. The Morgan fingerprint density at radius 3 is 2.35 bits per heavy atom. The van der Waals surface area contributed by atoms with E-state index in [0.717, 1.165) is 6.07 Å². The maximum absolute atomic E-state index is 12.7. The number of benzene rings is 1. The molecule has 2 N–H and O–H groups in total. The van der Waals surface area contributed by atoms with Gasteiger partial charge in [-0.25, -0.2) is 13.1 Å². The first-order valence-corrected chi connectivity index (χ1v) is 7.24. The first kappa shape index (κ1) is 14.4. The first-order valence-electron chi connectivity index (χ1n) is 5.70. The number of hydrogen-bond donors (Lipinski definition) is 1. The van der Waals surface area contributed by atoms with Crippen LogP contribution in [0.15, 0.2) is 29.2 Å². The molecule has 0 fully saturated rings. The highest BCUT2D eigenvalue weighted by atomic mass is 32.2. The molecule has 1 aromatic carbocycles. The van der Waals surface area contributed by atoms with E-state index in [2.05, 4.69) is 5.10 Å². The summed E-state index contributed by atoms with van der Waals surface area (Å²) in [5.74, 6) is -3.49. The van der Waals surface area contributed by atoms with Crippen molar-refractivity contribution in [2.45, 2.75) is 24.5 Å². The number of nitrogen functional groups attached to an aromatic ring is 1. The topological polar surface area (TPSA) is 78.0 Å². The monoisotopic (exact) mass is 301 g/mol. The summed E-state index contributed by atoms with van der Waals surface area (Å²) in [6.07, 6.45) is 0. The third-order valence-electron chi connectivity index (χ3n) is 2.98. The number of nitrogens with zero attached hydrogens (tertiary/aromatic N) is 2. The SMILES string of the molecule is Cc1nn(-c2ccccc2S(=O)(=O)C(F)F)c(C)c1N. The molecule has 2 rings (SSSR count). The van der Waals surface area contributed by atoms with E-state index in [1.807, 2.05) is 0 Å². The minimum absolute atomic E-state index is 0.0603. The van der Waals surface area contributed by atoms with Crippen molar-refractivity contribution in [3.05, 3.63) is 35.7 Å². The smallest absolute Gasteiger partial charge is 0.341 e. The van der Waals surface area contributed by atoms with E-state index in [9.17, 15) is 17.2 Å². The Labute approximate surface area is 114 Å². The molecule has 20 heavy (non-hydrogen) atoms. The minimum Gasteiger partial charge on any atom is -0.396 e. The molecule has 2 aromatic rings. The van der Waals surface area contributed by atoms with Crippen LogP contribution in [0.5, 0.6) is 0 Å². The van der Waals surface area contributed by atoms with E-state index >= 15 is 0 Å². The molecule has 0 atom stereocenters.